The zero-order chi connectivity index (χ0) is 14.3. The van der Waals surface area contributed by atoms with Gasteiger partial charge in [-0.25, -0.2) is 0 Å². The lowest BCUT2D eigenvalue weighted by Gasteiger charge is -2.39. The SMILES string of the molecule is CCCNC1CCN(CC(=O)N(C)CC)CC1CC. The van der Waals surface area contributed by atoms with Crippen LogP contribution < -0.4 is 5.32 Å². The Morgan fingerprint density at radius 2 is 2.11 bits per heavy atom. The molecular formula is C15H31N3O. The average Bonchev–Trinajstić information content (AvgIpc) is 2.44. The molecule has 1 amide bonds. The number of carbonyl (C=O) groups is 1. The minimum atomic E-state index is 0.248. The molecule has 1 N–H and O–H groups in total. The Morgan fingerprint density at radius 3 is 2.68 bits per heavy atom. The molecule has 1 saturated heterocycles. The van der Waals surface area contributed by atoms with Gasteiger partial charge >= 0.3 is 0 Å². The van der Waals surface area contributed by atoms with E-state index in [1.807, 2.05) is 18.9 Å². The van der Waals surface area contributed by atoms with E-state index in [0.717, 1.165) is 26.2 Å². The summed E-state index contributed by atoms with van der Waals surface area (Å²) in [4.78, 5) is 16.1. The maximum atomic E-state index is 12.0. The molecule has 0 bridgehead atoms. The van der Waals surface area contributed by atoms with Gasteiger partial charge in [-0.05, 0) is 32.2 Å². The highest BCUT2D eigenvalue weighted by Gasteiger charge is 2.28. The van der Waals surface area contributed by atoms with Crippen LogP contribution in [0.4, 0.5) is 0 Å². The molecule has 0 aromatic carbocycles. The first-order valence-corrected chi connectivity index (χ1v) is 7.82. The largest absolute Gasteiger partial charge is 0.345 e. The van der Waals surface area contributed by atoms with Crippen molar-refractivity contribution in [1.82, 2.24) is 15.1 Å². The maximum Gasteiger partial charge on any atom is 0.236 e. The molecule has 0 aliphatic carbocycles. The predicted octanol–water partition coefficient (Wildman–Crippen LogP) is 1.56. The molecule has 4 nitrogen and oxygen atoms in total. The fourth-order valence-corrected chi connectivity index (χ4v) is 2.75. The van der Waals surface area contributed by atoms with Crippen molar-refractivity contribution >= 4 is 5.91 Å². The maximum absolute atomic E-state index is 12.0. The quantitative estimate of drug-likeness (QED) is 0.762. The Morgan fingerprint density at radius 1 is 1.37 bits per heavy atom. The van der Waals surface area contributed by atoms with Crippen LogP contribution in [0.5, 0.6) is 0 Å². The van der Waals surface area contributed by atoms with Gasteiger partial charge in [-0.15, -0.1) is 0 Å². The summed E-state index contributed by atoms with van der Waals surface area (Å²) >= 11 is 0. The fourth-order valence-electron chi connectivity index (χ4n) is 2.75. The third kappa shape index (κ3) is 5.11. The number of nitrogens with one attached hydrogen (secondary N) is 1. The normalized spacial score (nSPS) is 24.4. The van der Waals surface area contributed by atoms with E-state index in [1.54, 1.807) is 0 Å². The summed E-state index contributed by atoms with van der Waals surface area (Å²) in [6, 6.07) is 0.639. The molecule has 19 heavy (non-hydrogen) atoms. The summed E-state index contributed by atoms with van der Waals surface area (Å²) in [6.07, 6.45) is 3.55. The van der Waals surface area contributed by atoms with Crippen LogP contribution in [0.3, 0.4) is 0 Å². The van der Waals surface area contributed by atoms with Crippen LogP contribution in [-0.4, -0.2) is 61.5 Å². The number of rotatable bonds is 7. The van der Waals surface area contributed by atoms with Gasteiger partial charge in [-0.1, -0.05) is 20.3 Å². The van der Waals surface area contributed by atoms with E-state index < -0.39 is 0 Å². The molecule has 2 atom stereocenters. The van der Waals surface area contributed by atoms with Crippen LogP contribution in [0.25, 0.3) is 0 Å². The van der Waals surface area contributed by atoms with Crippen LogP contribution in [-0.2, 0) is 4.79 Å². The van der Waals surface area contributed by atoms with Crippen LogP contribution in [0.1, 0.15) is 40.0 Å². The van der Waals surface area contributed by atoms with Crippen LogP contribution in [0.2, 0.25) is 0 Å². The molecule has 1 aliphatic heterocycles. The Balaban J connectivity index is 2.43. The molecule has 0 saturated carbocycles. The second-order valence-electron chi connectivity index (χ2n) is 5.66. The van der Waals surface area contributed by atoms with Crippen molar-refractivity contribution in [2.75, 3.05) is 39.8 Å². The topological polar surface area (TPSA) is 35.6 Å². The standard InChI is InChI=1S/C15H31N3O/c1-5-9-16-14-8-10-18(11-13(14)6-2)12-15(19)17(4)7-3/h13-14,16H,5-12H2,1-4H3. The molecule has 0 aromatic heterocycles. The van der Waals surface area contributed by atoms with Crippen molar-refractivity contribution in [3.05, 3.63) is 0 Å². The zero-order valence-electron chi connectivity index (χ0n) is 13.1. The first-order chi connectivity index (χ1) is 9.12. The number of hydrogen-bond acceptors (Lipinski definition) is 3. The third-order valence-corrected chi connectivity index (χ3v) is 4.26. The van der Waals surface area contributed by atoms with Gasteiger partial charge in [0.2, 0.25) is 5.91 Å². The highest BCUT2D eigenvalue weighted by Crippen LogP contribution is 2.20. The van der Waals surface area contributed by atoms with E-state index in [4.69, 9.17) is 0 Å². The molecular weight excluding hydrogens is 238 g/mol. The Bertz CT molecular complexity index is 270. The number of piperidine rings is 1. The minimum Gasteiger partial charge on any atom is -0.345 e. The number of amides is 1. The van der Waals surface area contributed by atoms with Gasteiger partial charge in [0.15, 0.2) is 0 Å². The first-order valence-electron chi connectivity index (χ1n) is 7.82. The first kappa shape index (κ1) is 16.4. The van der Waals surface area contributed by atoms with Gasteiger partial charge in [0.25, 0.3) is 0 Å². The summed E-state index contributed by atoms with van der Waals surface area (Å²) in [5, 5.41) is 3.66. The van der Waals surface area contributed by atoms with E-state index in [-0.39, 0.29) is 5.91 Å². The molecule has 2 unspecified atom stereocenters. The second kappa shape index (κ2) is 8.54. The smallest absolute Gasteiger partial charge is 0.236 e. The van der Waals surface area contributed by atoms with Gasteiger partial charge < -0.3 is 10.2 Å². The van der Waals surface area contributed by atoms with E-state index in [9.17, 15) is 4.79 Å². The third-order valence-electron chi connectivity index (χ3n) is 4.26. The van der Waals surface area contributed by atoms with Crippen LogP contribution >= 0.6 is 0 Å². The average molecular weight is 269 g/mol. The molecule has 0 spiro atoms. The van der Waals surface area contributed by atoms with Gasteiger partial charge in [-0.2, -0.15) is 0 Å². The van der Waals surface area contributed by atoms with Crippen molar-refractivity contribution in [2.45, 2.75) is 46.1 Å². The van der Waals surface area contributed by atoms with E-state index in [0.29, 0.717) is 18.5 Å². The molecule has 1 fully saturated rings. The van der Waals surface area contributed by atoms with Gasteiger partial charge in [0.1, 0.15) is 0 Å². The zero-order valence-corrected chi connectivity index (χ0v) is 13.1. The molecule has 0 aromatic rings. The lowest BCUT2D eigenvalue weighted by Crippen LogP contribution is -2.51. The van der Waals surface area contributed by atoms with Crippen molar-refractivity contribution in [2.24, 2.45) is 5.92 Å². The lowest BCUT2D eigenvalue weighted by molar-refractivity contribution is -0.131. The van der Waals surface area contributed by atoms with Crippen molar-refractivity contribution in [3.63, 3.8) is 0 Å². The van der Waals surface area contributed by atoms with Crippen molar-refractivity contribution < 1.29 is 4.79 Å². The summed E-state index contributed by atoms with van der Waals surface area (Å²) in [5.74, 6) is 0.928. The highest BCUT2D eigenvalue weighted by molar-refractivity contribution is 5.77. The van der Waals surface area contributed by atoms with Gasteiger partial charge in [-0.3, -0.25) is 9.69 Å². The summed E-state index contributed by atoms with van der Waals surface area (Å²) in [6.45, 7) is 11.1. The molecule has 1 heterocycles. The molecule has 4 heteroatoms. The monoisotopic (exact) mass is 269 g/mol. The molecule has 112 valence electrons. The Labute approximate surface area is 118 Å². The van der Waals surface area contributed by atoms with E-state index >= 15 is 0 Å². The fraction of sp³-hybridized carbons (Fsp3) is 0.933. The highest BCUT2D eigenvalue weighted by atomic mass is 16.2. The number of nitrogens with zero attached hydrogens (tertiary/aromatic N) is 2. The Kier molecular flexibility index (Phi) is 7.39. The summed E-state index contributed by atoms with van der Waals surface area (Å²) < 4.78 is 0. The predicted molar refractivity (Wildman–Crippen MR) is 80.2 cm³/mol. The van der Waals surface area contributed by atoms with E-state index in [1.165, 1.54) is 19.3 Å². The number of likely N-dealkylation sites (tertiary alicyclic amines) is 1. The van der Waals surface area contributed by atoms with Crippen LogP contribution in [0.15, 0.2) is 0 Å². The van der Waals surface area contributed by atoms with Crippen LogP contribution in [0, 0.1) is 5.92 Å². The van der Waals surface area contributed by atoms with Gasteiger partial charge in [0, 0.05) is 32.7 Å². The van der Waals surface area contributed by atoms with Gasteiger partial charge in [0.05, 0.1) is 6.54 Å². The summed E-state index contributed by atoms with van der Waals surface area (Å²) in [7, 11) is 1.88. The molecule has 0 radical (unpaired) electrons. The minimum absolute atomic E-state index is 0.248. The molecule has 1 rings (SSSR count). The van der Waals surface area contributed by atoms with Crippen molar-refractivity contribution in [1.29, 1.82) is 0 Å². The second-order valence-corrected chi connectivity index (χ2v) is 5.66. The van der Waals surface area contributed by atoms with Crippen molar-refractivity contribution in [3.8, 4) is 0 Å². The van der Waals surface area contributed by atoms with E-state index in [2.05, 4.69) is 24.1 Å². The lowest BCUT2D eigenvalue weighted by atomic mass is 9.90. The molecule has 1 aliphatic rings. The summed E-state index contributed by atoms with van der Waals surface area (Å²) in [5.41, 5.74) is 0. The number of likely N-dealkylation sites (N-methyl/N-ethyl adjacent to an activating group) is 1. The number of carbonyl (C=O) groups excluding carboxylic acids is 1. The Hall–Kier alpha value is -0.610. The number of hydrogen-bond donors (Lipinski definition) is 1.